The summed E-state index contributed by atoms with van der Waals surface area (Å²) in [5.41, 5.74) is 1.64. The van der Waals surface area contributed by atoms with Crippen molar-refractivity contribution in [1.82, 2.24) is 0 Å². The van der Waals surface area contributed by atoms with Gasteiger partial charge < -0.3 is 8.60 Å². The van der Waals surface area contributed by atoms with Gasteiger partial charge in [0.15, 0.2) is 0 Å². The molecular formula is C20H20O5S. The second-order valence-corrected chi connectivity index (χ2v) is 8.77. The first-order chi connectivity index (χ1) is 12.1. The molecule has 0 spiro atoms. The molecule has 3 aromatic rings. The van der Waals surface area contributed by atoms with E-state index in [0.29, 0.717) is 11.0 Å². The molecule has 1 aromatic heterocycles. The molecule has 2 aromatic carbocycles. The summed E-state index contributed by atoms with van der Waals surface area (Å²) in [7, 11) is -4.01. The zero-order valence-corrected chi connectivity index (χ0v) is 15.9. The Kier molecular flexibility index (Phi) is 4.40. The van der Waals surface area contributed by atoms with Crippen LogP contribution in [0, 0.1) is 6.92 Å². The fourth-order valence-corrected chi connectivity index (χ4v) is 3.61. The van der Waals surface area contributed by atoms with Crippen LogP contribution in [-0.2, 0) is 15.5 Å². The van der Waals surface area contributed by atoms with E-state index in [1.807, 2.05) is 19.1 Å². The van der Waals surface area contributed by atoms with Crippen LogP contribution in [0.1, 0.15) is 31.9 Å². The fraction of sp³-hybridized carbons (Fsp3) is 0.250. The largest absolute Gasteiger partial charge is 0.423 e. The number of fused-ring (bicyclic) bond motifs is 1. The summed E-state index contributed by atoms with van der Waals surface area (Å²) in [6.07, 6.45) is 0. The number of hydrogen-bond donors (Lipinski definition) is 0. The number of benzene rings is 2. The molecule has 0 atom stereocenters. The van der Waals surface area contributed by atoms with Gasteiger partial charge in [0.25, 0.3) is 0 Å². The van der Waals surface area contributed by atoms with E-state index < -0.39 is 15.7 Å². The lowest BCUT2D eigenvalue weighted by Crippen LogP contribution is -2.13. The maximum atomic E-state index is 12.6. The molecular weight excluding hydrogens is 352 g/mol. The predicted molar refractivity (Wildman–Crippen MR) is 100 cm³/mol. The molecule has 0 fully saturated rings. The number of aryl methyl sites for hydroxylation is 1. The second kappa shape index (κ2) is 6.29. The third-order valence-corrected chi connectivity index (χ3v) is 5.35. The molecule has 0 bridgehead atoms. The van der Waals surface area contributed by atoms with Crippen LogP contribution in [0.2, 0.25) is 0 Å². The van der Waals surface area contributed by atoms with Crippen molar-refractivity contribution >= 4 is 21.1 Å². The minimum Gasteiger partial charge on any atom is -0.423 e. The summed E-state index contributed by atoms with van der Waals surface area (Å²) in [5.74, 6) is 0.290. The lowest BCUT2D eigenvalue weighted by atomic mass is 9.86. The van der Waals surface area contributed by atoms with E-state index in [-0.39, 0.29) is 16.1 Å². The molecule has 3 rings (SSSR count). The van der Waals surface area contributed by atoms with E-state index in [0.717, 1.165) is 11.1 Å². The number of hydrogen-bond acceptors (Lipinski definition) is 5. The highest BCUT2D eigenvalue weighted by molar-refractivity contribution is 7.87. The molecule has 0 radical (unpaired) electrons. The van der Waals surface area contributed by atoms with Gasteiger partial charge in [0.2, 0.25) is 0 Å². The molecule has 0 aliphatic heterocycles. The molecule has 0 aliphatic rings. The molecule has 0 amide bonds. The molecule has 0 saturated carbocycles. The summed E-state index contributed by atoms with van der Waals surface area (Å²) in [6, 6.07) is 12.5. The number of rotatable bonds is 3. The van der Waals surface area contributed by atoms with Crippen LogP contribution >= 0.6 is 0 Å². The fourth-order valence-electron chi connectivity index (χ4n) is 2.58. The quantitative estimate of drug-likeness (QED) is 0.510. The van der Waals surface area contributed by atoms with Gasteiger partial charge in [-0.25, -0.2) is 4.79 Å². The van der Waals surface area contributed by atoms with E-state index in [1.165, 1.54) is 30.3 Å². The van der Waals surface area contributed by atoms with E-state index >= 15 is 0 Å². The first-order valence-electron chi connectivity index (χ1n) is 8.16. The Balaban J connectivity index is 1.96. The van der Waals surface area contributed by atoms with Crippen molar-refractivity contribution in [3.63, 3.8) is 0 Å². The van der Waals surface area contributed by atoms with Crippen LogP contribution in [0.15, 0.2) is 62.6 Å². The van der Waals surface area contributed by atoms with Gasteiger partial charge in [0.1, 0.15) is 16.2 Å². The molecule has 0 unspecified atom stereocenters. The van der Waals surface area contributed by atoms with Crippen molar-refractivity contribution in [3.05, 3.63) is 70.1 Å². The predicted octanol–water partition coefficient (Wildman–Crippen LogP) is 4.17. The van der Waals surface area contributed by atoms with Crippen LogP contribution in [0.3, 0.4) is 0 Å². The average Bonchev–Trinajstić information content (AvgIpc) is 2.55. The highest BCUT2D eigenvalue weighted by Crippen LogP contribution is 2.29. The average molecular weight is 372 g/mol. The van der Waals surface area contributed by atoms with Gasteiger partial charge >= 0.3 is 15.7 Å². The molecule has 1 heterocycles. The van der Waals surface area contributed by atoms with E-state index in [2.05, 4.69) is 20.8 Å². The Labute approximate surface area is 152 Å². The van der Waals surface area contributed by atoms with Crippen molar-refractivity contribution in [1.29, 1.82) is 0 Å². The summed E-state index contributed by atoms with van der Waals surface area (Å²) in [4.78, 5) is 11.2. The molecule has 26 heavy (non-hydrogen) atoms. The lowest BCUT2D eigenvalue weighted by Gasteiger charge is -2.20. The third kappa shape index (κ3) is 3.65. The molecule has 5 nitrogen and oxygen atoms in total. The monoisotopic (exact) mass is 372 g/mol. The van der Waals surface area contributed by atoms with Crippen molar-refractivity contribution in [2.45, 2.75) is 38.0 Å². The highest BCUT2D eigenvalue weighted by atomic mass is 32.2. The van der Waals surface area contributed by atoms with Crippen molar-refractivity contribution < 1.29 is 17.0 Å². The summed E-state index contributed by atoms with van der Waals surface area (Å²) >= 11 is 0. The van der Waals surface area contributed by atoms with Crippen LogP contribution < -0.4 is 9.81 Å². The minimum atomic E-state index is -4.01. The Bertz CT molecular complexity index is 1130. The Morgan fingerprint density at radius 2 is 1.69 bits per heavy atom. The maximum absolute atomic E-state index is 12.6. The molecule has 136 valence electrons. The van der Waals surface area contributed by atoms with E-state index in [1.54, 1.807) is 6.07 Å². The van der Waals surface area contributed by atoms with Crippen LogP contribution in [0.5, 0.6) is 5.75 Å². The Morgan fingerprint density at radius 1 is 0.962 bits per heavy atom. The second-order valence-electron chi connectivity index (χ2n) is 7.22. The van der Waals surface area contributed by atoms with Gasteiger partial charge in [-0.05, 0) is 53.8 Å². The minimum absolute atomic E-state index is 0.00172. The zero-order chi connectivity index (χ0) is 19.1. The topological polar surface area (TPSA) is 73.6 Å². The van der Waals surface area contributed by atoms with Crippen LogP contribution in [0.25, 0.3) is 11.0 Å². The van der Waals surface area contributed by atoms with Crippen LogP contribution in [-0.4, -0.2) is 8.42 Å². The van der Waals surface area contributed by atoms with E-state index in [9.17, 15) is 13.2 Å². The Hall–Kier alpha value is -2.60. The third-order valence-electron chi connectivity index (χ3n) is 4.12. The molecule has 0 N–H and O–H groups in total. The molecule has 0 aliphatic carbocycles. The highest BCUT2D eigenvalue weighted by Gasteiger charge is 2.20. The van der Waals surface area contributed by atoms with E-state index in [4.69, 9.17) is 8.60 Å². The zero-order valence-electron chi connectivity index (χ0n) is 15.1. The summed E-state index contributed by atoms with van der Waals surface area (Å²) < 4.78 is 35.6. The van der Waals surface area contributed by atoms with Crippen molar-refractivity contribution in [2.24, 2.45) is 0 Å². The molecule has 6 heteroatoms. The van der Waals surface area contributed by atoms with Gasteiger partial charge in [-0.15, -0.1) is 0 Å². The SMILES string of the molecule is Cc1cc(C(C)(C)C)ccc1OS(=O)(=O)c1ccc2oc(=O)ccc2c1. The normalized spacial score (nSPS) is 12.3. The smallest absolute Gasteiger partial charge is 0.339 e. The summed E-state index contributed by atoms with van der Waals surface area (Å²) in [5, 5.41) is 0.508. The maximum Gasteiger partial charge on any atom is 0.339 e. The molecule has 0 saturated heterocycles. The van der Waals surface area contributed by atoms with Gasteiger partial charge in [-0.1, -0.05) is 32.9 Å². The lowest BCUT2D eigenvalue weighted by molar-refractivity contribution is 0.483. The van der Waals surface area contributed by atoms with Crippen molar-refractivity contribution in [2.75, 3.05) is 0 Å². The first kappa shape index (κ1) is 18.2. The van der Waals surface area contributed by atoms with Gasteiger partial charge in [-0.3, -0.25) is 0 Å². The van der Waals surface area contributed by atoms with Crippen LogP contribution in [0.4, 0.5) is 0 Å². The standard InChI is InChI=1S/C20H20O5S/c1-13-11-15(20(2,3)4)6-8-17(13)25-26(22,23)16-7-9-18-14(12-16)5-10-19(21)24-18/h5-12H,1-4H3. The summed E-state index contributed by atoms with van der Waals surface area (Å²) in [6.45, 7) is 8.08. The first-order valence-corrected chi connectivity index (χ1v) is 9.57. The van der Waals surface area contributed by atoms with Gasteiger partial charge in [-0.2, -0.15) is 8.42 Å². The van der Waals surface area contributed by atoms with Crippen molar-refractivity contribution in [3.8, 4) is 5.75 Å². The van der Waals surface area contributed by atoms with Gasteiger partial charge in [0, 0.05) is 11.5 Å². The van der Waals surface area contributed by atoms with Gasteiger partial charge in [0.05, 0.1) is 0 Å². The Morgan fingerprint density at radius 3 is 2.35 bits per heavy atom.